The summed E-state index contributed by atoms with van der Waals surface area (Å²) < 4.78 is 5.79. The molecule has 2 aliphatic heterocycles. The van der Waals surface area contributed by atoms with Crippen LogP contribution in [0, 0.1) is 5.41 Å². The standard InChI is InChI=1S/C25H30Cl2N2O2/c1-2-31-23-6-4-3-5-19(23)18-28-13-9-25(10-14-28)11-15-29(16-12-25)24(30)21-8-7-20(26)17-22(21)27/h3-8,17H,2,9-16,18H2,1H3. The molecule has 2 fully saturated rings. The van der Waals surface area contributed by atoms with E-state index in [0.29, 0.717) is 27.6 Å². The van der Waals surface area contributed by atoms with Crippen LogP contribution in [0.4, 0.5) is 0 Å². The second-order valence-corrected chi connectivity index (χ2v) is 9.58. The second-order valence-electron chi connectivity index (χ2n) is 8.73. The fourth-order valence-corrected chi connectivity index (χ4v) is 5.36. The second kappa shape index (κ2) is 9.81. The number of ether oxygens (including phenoxy) is 1. The number of nitrogens with zero attached hydrogens (tertiary/aromatic N) is 2. The van der Waals surface area contributed by atoms with Crippen LogP contribution in [0.5, 0.6) is 5.75 Å². The van der Waals surface area contributed by atoms with E-state index in [-0.39, 0.29) is 5.91 Å². The average molecular weight is 461 g/mol. The molecule has 31 heavy (non-hydrogen) atoms. The van der Waals surface area contributed by atoms with Crippen LogP contribution in [0.2, 0.25) is 10.0 Å². The van der Waals surface area contributed by atoms with Gasteiger partial charge in [0.05, 0.1) is 17.2 Å². The minimum Gasteiger partial charge on any atom is -0.494 e. The topological polar surface area (TPSA) is 32.8 Å². The highest BCUT2D eigenvalue weighted by atomic mass is 35.5. The smallest absolute Gasteiger partial charge is 0.255 e. The lowest BCUT2D eigenvalue weighted by atomic mass is 9.71. The maximum Gasteiger partial charge on any atom is 0.255 e. The summed E-state index contributed by atoms with van der Waals surface area (Å²) in [6.45, 7) is 7.44. The van der Waals surface area contributed by atoms with Gasteiger partial charge in [-0.25, -0.2) is 0 Å². The normalized spacial score (nSPS) is 18.9. The molecule has 2 aromatic carbocycles. The first kappa shape index (κ1) is 22.4. The fourth-order valence-electron chi connectivity index (χ4n) is 4.87. The monoisotopic (exact) mass is 460 g/mol. The van der Waals surface area contributed by atoms with E-state index >= 15 is 0 Å². The van der Waals surface area contributed by atoms with Crippen molar-refractivity contribution in [1.29, 1.82) is 0 Å². The van der Waals surface area contributed by atoms with Gasteiger partial charge in [0, 0.05) is 30.2 Å². The fraction of sp³-hybridized carbons (Fsp3) is 0.480. The van der Waals surface area contributed by atoms with Crippen molar-refractivity contribution in [2.45, 2.75) is 39.2 Å². The number of amides is 1. The molecule has 2 saturated heterocycles. The SMILES string of the molecule is CCOc1ccccc1CN1CCC2(CC1)CCN(C(=O)c1ccc(Cl)cc1Cl)CC2. The number of benzene rings is 2. The quantitative estimate of drug-likeness (QED) is 0.555. The van der Waals surface area contributed by atoms with E-state index < -0.39 is 0 Å². The van der Waals surface area contributed by atoms with Gasteiger partial charge in [-0.1, -0.05) is 41.4 Å². The predicted octanol–water partition coefficient (Wildman–Crippen LogP) is 5.91. The molecule has 0 radical (unpaired) electrons. The predicted molar refractivity (Wildman–Crippen MR) is 126 cm³/mol. The molecule has 6 heteroatoms. The number of halogens is 2. The highest BCUT2D eigenvalue weighted by Crippen LogP contribution is 2.42. The number of rotatable bonds is 5. The zero-order valence-corrected chi connectivity index (χ0v) is 19.6. The third-order valence-corrected chi connectivity index (χ3v) is 7.40. The number of para-hydroxylation sites is 1. The van der Waals surface area contributed by atoms with Gasteiger partial charge in [0.15, 0.2) is 0 Å². The summed E-state index contributed by atoms with van der Waals surface area (Å²) in [5.74, 6) is 1.01. The number of likely N-dealkylation sites (tertiary alicyclic amines) is 2. The van der Waals surface area contributed by atoms with Crippen molar-refractivity contribution in [3.8, 4) is 5.75 Å². The van der Waals surface area contributed by atoms with E-state index in [1.54, 1.807) is 18.2 Å². The van der Waals surface area contributed by atoms with Crippen LogP contribution in [0.15, 0.2) is 42.5 Å². The summed E-state index contributed by atoms with van der Waals surface area (Å²) in [5, 5.41) is 0.980. The van der Waals surface area contributed by atoms with Crippen LogP contribution in [0.3, 0.4) is 0 Å². The highest BCUT2D eigenvalue weighted by Gasteiger charge is 2.38. The van der Waals surface area contributed by atoms with Gasteiger partial charge in [-0.3, -0.25) is 9.69 Å². The van der Waals surface area contributed by atoms with Crippen LogP contribution >= 0.6 is 23.2 Å². The molecular formula is C25H30Cl2N2O2. The minimum atomic E-state index is 0.0153. The summed E-state index contributed by atoms with van der Waals surface area (Å²) in [7, 11) is 0. The highest BCUT2D eigenvalue weighted by molar-refractivity contribution is 6.36. The van der Waals surface area contributed by atoms with Crippen molar-refractivity contribution in [1.82, 2.24) is 9.80 Å². The Morgan fingerprint density at radius 2 is 1.68 bits per heavy atom. The number of hydrogen-bond donors (Lipinski definition) is 0. The molecule has 2 aliphatic rings. The largest absolute Gasteiger partial charge is 0.494 e. The van der Waals surface area contributed by atoms with Crippen molar-refractivity contribution in [2.75, 3.05) is 32.8 Å². The van der Waals surface area contributed by atoms with Gasteiger partial charge in [0.1, 0.15) is 5.75 Å². The Kier molecular flexibility index (Phi) is 7.10. The van der Waals surface area contributed by atoms with Gasteiger partial charge in [-0.2, -0.15) is 0 Å². The zero-order chi connectivity index (χ0) is 21.8. The van der Waals surface area contributed by atoms with Crippen LogP contribution in [0.1, 0.15) is 48.5 Å². The molecule has 4 nitrogen and oxygen atoms in total. The van der Waals surface area contributed by atoms with Crippen molar-refractivity contribution in [3.63, 3.8) is 0 Å². The number of piperidine rings is 2. The molecule has 0 aromatic heterocycles. The van der Waals surface area contributed by atoms with Crippen molar-refractivity contribution < 1.29 is 9.53 Å². The Labute approximate surface area is 195 Å². The Morgan fingerprint density at radius 1 is 1.00 bits per heavy atom. The molecule has 0 N–H and O–H groups in total. The van der Waals surface area contributed by atoms with E-state index in [4.69, 9.17) is 27.9 Å². The molecule has 4 rings (SSSR count). The summed E-state index contributed by atoms with van der Waals surface area (Å²) in [6, 6.07) is 13.4. The number of carbonyl (C=O) groups is 1. The van der Waals surface area contributed by atoms with Gasteiger partial charge >= 0.3 is 0 Å². The first-order valence-corrected chi connectivity index (χ1v) is 11.9. The molecule has 0 unspecified atom stereocenters. The van der Waals surface area contributed by atoms with Crippen molar-refractivity contribution in [2.24, 2.45) is 5.41 Å². The molecular weight excluding hydrogens is 431 g/mol. The average Bonchev–Trinajstić information content (AvgIpc) is 2.77. The molecule has 2 aromatic rings. The van der Waals surface area contributed by atoms with Crippen LogP contribution in [-0.4, -0.2) is 48.5 Å². The zero-order valence-electron chi connectivity index (χ0n) is 18.1. The van der Waals surface area contributed by atoms with Gasteiger partial charge < -0.3 is 9.64 Å². The van der Waals surface area contributed by atoms with Crippen LogP contribution < -0.4 is 4.74 Å². The van der Waals surface area contributed by atoms with Gasteiger partial charge in [-0.15, -0.1) is 0 Å². The molecule has 1 spiro atoms. The first-order chi connectivity index (χ1) is 15.0. The maximum absolute atomic E-state index is 12.9. The lowest BCUT2D eigenvalue weighted by molar-refractivity contribution is 0.0284. The van der Waals surface area contributed by atoms with Crippen LogP contribution in [-0.2, 0) is 6.54 Å². The molecule has 0 aliphatic carbocycles. The molecule has 0 saturated carbocycles. The van der Waals surface area contributed by atoms with Crippen molar-refractivity contribution >= 4 is 29.1 Å². The lowest BCUT2D eigenvalue weighted by Gasteiger charge is -2.47. The first-order valence-electron chi connectivity index (χ1n) is 11.2. The van der Waals surface area contributed by atoms with Gasteiger partial charge in [0.2, 0.25) is 0 Å². The Bertz CT molecular complexity index is 915. The van der Waals surface area contributed by atoms with Gasteiger partial charge in [-0.05, 0) is 75.4 Å². The molecule has 1 amide bonds. The molecule has 0 atom stereocenters. The van der Waals surface area contributed by atoms with E-state index in [1.165, 1.54) is 18.4 Å². The lowest BCUT2D eigenvalue weighted by Crippen LogP contribution is -2.48. The Balaban J connectivity index is 1.31. The Morgan fingerprint density at radius 3 is 2.35 bits per heavy atom. The summed E-state index contributed by atoms with van der Waals surface area (Å²) in [6.07, 6.45) is 4.50. The Hall–Kier alpha value is -1.75. The molecule has 166 valence electrons. The van der Waals surface area contributed by atoms with Crippen molar-refractivity contribution in [3.05, 3.63) is 63.6 Å². The third kappa shape index (κ3) is 5.19. The summed E-state index contributed by atoms with van der Waals surface area (Å²) >= 11 is 12.2. The minimum absolute atomic E-state index is 0.0153. The molecule has 2 heterocycles. The van der Waals surface area contributed by atoms with Crippen LogP contribution in [0.25, 0.3) is 0 Å². The number of hydrogen-bond acceptors (Lipinski definition) is 3. The van der Waals surface area contributed by atoms with Gasteiger partial charge in [0.25, 0.3) is 5.91 Å². The molecule has 0 bridgehead atoms. The van der Waals surface area contributed by atoms with E-state index in [2.05, 4.69) is 23.1 Å². The van der Waals surface area contributed by atoms with E-state index in [9.17, 15) is 4.79 Å². The number of carbonyl (C=O) groups excluding carboxylic acids is 1. The van der Waals surface area contributed by atoms with E-state index in [1.807, 2.05) is 17.9 Å². The maximum atomic E-state index is 12.9. The van der Waals surface area contributed by atoms with E-state index in [0.717, 1.165) is 51.3 Å². The third-order valence-electron chi connectivity index (χ3n) is 6.86. The summed E-state index contributed by atoms with van der Waals surface area (Å²) in [4.78, 5) is 17.4. The summed E-state index contributed by atoms with van der Waals surface area (Å²) in [5.41, 5.74) is 2.17.